The second kappa shape index (κ2) is 6.71. The molecule has 1 atom stereocenters. The van der Waals surface area contributed by atoms with Crippen LogP contribution in [-0.2, 0) is 11.2 Å². The van der Waals surface area contributed by atoms with Crippen LogP contribution in [0.15, 0.2) is 65.1 Å². The van der Waals surface area contributed by atoms with E-state index < -0.39 is 11.2 Å². The smallest absolute Gasteiger partial charge is 0.317 e. The number of thioether (sulfide) groups is 1. The van der Waals surface area contributed by atoms with E-state index in [-0.39, 0.29) is 11.5 Å². The third-order valence-electron chi connectivity index (χ3n) is 3.40. The van der Waals surface area contributed by atoms with E-state index in [4.69, 9.17) is 4.42 Å². The van der Waals surface area contributed by atoms with Crippen LogP contribution in [0.3, 0.4) is 0 Å². The number of aliphatic carboxylic acids is 1. The summed E-state index contributed by atoms with van der Waals surface area (Å²) in [5.74, 6) is -0.466. The molecule has 116 valence electrons. The number of hydrogen-bond donors (Lipinski definition) is 1. The van der Waals surface area contributed by atoms with Crippen LogP contribution >= 0.6 is 11.8 Å². The summed E-state index contributed by atoms with van der Waals surface area (Å²) in [6.07, 6.45) is 0.160. The molecule has 0 fully saturated rings. The molecule has 2 aromatic carbocycles. The maximum Gasteiger partial charge on any atom is 0.317 e. The van der Waals surface area contributed by atoms with Crippen LogP contribution in [0.5, 0.6) is 0 Å². The minimum absolute atomic E-state index is 0.160. The van der Waals surface area contributed by atoms with Gasteiger partial charge in [0, 0.05) is 17.4 Å². The molecule has 3 rings (SSSR count). The van der Waals surface area contributed by atoms with Crippen LogP contribution < -0.4 is 0 Å². The van der Waals surface area contributed by atoms with E-state index in [1.54, 1.807) is 24.3 Å². The fraction of sp³-hybridized carbons (Fsp3) is 0.111. The summed E-state index contributed by atoms with van der Waals surface area (Å²) in [6.45, 7) is 0. The van der Waals surface area contributed by atoms with Gasteiger partial charge in [-0.15, -0.1) is 0 Å². The van der Waals surface area contributed by atoms with E-state index in [9.17, 15) is 14.7 Å². The van der Waals surface area contributed by atoms with Crippen LogP contribution in [0.4, 0.5) is 0 Å². The molecule has 0 aliphatic carbocycles. The first-order valence-electron chi connectivity index (χ1n) is 7.10. The molecule has 0 saturated heterocycles. The Balaban J connectivity index is 1.76. The maximum atomic E-state index is 12.2. The van der Waals surface area contributed by atoms with Crippen LogP contribution in [-0.4, -0.2) is 21.4 Å². The van der Waals surface area contributed by atoms with Gasteiger partial charge in [0.2, 0.25) is 5.12 Å². The van der Waals surface area contributed by atoms with Crippen molar-refractivity contribution < 1.29 is 19.1 Å². The van der Waals surface area contributed by atoms with Crippen molar-refractivity contribution in [2.75, 3.05) is 0 Å². The Hall–Kier alpha value is -2.53. The molecule has 0 saturated carbocycles. The molecule has 1 aromatic heterocycles. The first-order valence-corrected chi connectivity index (χ1v) is 7.98. The Bertz CT molecular complexity index is 805. The molecule has 5 heteroatoms. The van der Waals surface area contributed by atoms with Crippen LogP contribution in [0.25, 0.3) is 11.0 Å². The van der Waals surface area contributed by atoms with Crippen molar-refractivity contribution in [1.29, 1.82) is 0 Å². The van der Waals surface area contributed by atoms with E-state index in [0.29, 0.717) is 16.9 Å². The fourth-order valence-corrected chi connectivity index (χ4v) is 3.15. The standard InChI is InChI=1S/C18H14O4S/c19-17(20)16(23-18(21)12-6-2-1-3-7-12)11-14-10-13-8-4-5-9-15(13)22-14/h1-10,16H,11H2,(H,19,20)/t16-/m1/s1. The molecule has 0 aliphatic heterocycles. The zero-order chi connectivity index (χ0) is 16.2. The summed E-state index contributed by atoms with van der Waals surface area (Å²) >= 11 is 0.812. The predicted octanol–water partition coefficient (Wildman–Crippen LogP) is 4.00. The predicted molar refractivity (Wildman–Crippen MR) is 89.7 cm³/mol. The first-order chi connectivity index (χ1) is 11.1. The van der Waals surface area contributed by atoms with Crippen molar-refractivity contribution in [2.24, 2.45) is 0 Å². The maximum absolute atomic E-state index is 12.2. The Morgan fingerprint density at radius 3 is 2.43 bits per heavy atom. The van der Waals surface area contributed by atoms with Gasteiger partial charge in [-0.05, 0) is 12.1 Å². The minimum Gasteiger partial charge on any atom is -0.480 e. The minimum atomic E-state index is -1.03. The zero-order valence-electron chi connectivity index (χ0n) is 12.1. The van der Waals surface area contributed by atoms with E-state index in [0.717, 1.165) is 17.1 Å². The average molecular weight is 326 g/mol. The fourth-order valence-electron chi connectivity index (χ4n) is 2.27. The second-order valence-corrected chi connectivity index (χ2v) is 6.23. The molecule has 0 spiro atoms. The van der Waals surface area contributed by atoms with Crippen molar-refractivity contribution in [3.05, 3.63) is 72.0 Å². The lowest BCUT2D eigenvalue weighted by Crippen LogP contribution is -2.21. The van der Waals surface area contributed by atoms with Gasteiger partial charge in [-0.2, -0.15) is 0 Å². The molecule has 4 nitrogen and oxygen atoms in total. The lowest BCUT2D eigenvalue weighted by atomic mass is 10.2. The highest BCUT2D eigenvalue weighted by atomic mass is 32.2. The quantitative estimate of drug-likeness (QED) is 0.767. The average Bonchev–Trinajstić information content (AvgIpc) is 2.97. The number of carbonyl (C=O) groups is 2. The van der Waals surface area contributed by atoms with Crippen molar-refractivity contribution in [1.82, 2.24) is 0 Å². The highest BCUT2D eigenvalue weighted by molar-refractivity contribution is 8.15. The number of carboxylic acids is 1. The third-order valence-corrected chi connectivity index (χ3v) is 4.50. The molecular weight excluding hydrogens is 312 g/mol. The summed E-state index contributed by atoms with van der Waals surface area (Å²) < 4.78 is 5.65. The molecule has 1 heterocycles. The van der Waals surface area contributed by atoms with Gasteiger partial charge in [-0.3, -0.25) is 9.59 Å². The normalized spacial score (nSPS) is 12.2. The van der Waals surface area contributed by atoms with Crippen LogP contribution in [0, 0.1) is 0 Å². The highest BCUT2D eigenvalue weighted by Crippen LogP contribution is 2.25. The van der Waals surface area contributed by atoms with Gasteiger partial charge in [-0.25, -0.2) is 0 Å². The van der Waals surface area contributed by atoms with Crippen molar-refractivity contribution in [2.45, 2.75) is 11.7 Å². The van der Waals surface area contributed by atoms with Gasteiger partial charge in [0.25, 0.3) is 0 Å². The van der Waals surface area contributed by atoms with Gasteiger partial charge in [0.05, 0.1) is 0 Å². The van der Waals surface area contributed by atoms with Crippen molar-refractivity contribution in [3.8, 4) is 0 Å². The summed E-state index contributed by atoms with van der Waals surface area (Å²) in [7, 11) is 0. The largest absolute Gasteiger partial charge is 0.480 e. The van der Waals surface area contributed by atoms with Gasteiger partial charge in [0.15, 0.2) is 0 Å². The molecule has 3 aromatic rings. The molecule has 0 radical (unpaired) electrons. The van der Waals surface area contributed by atoms with E-state index >= 15 is 0 Å². The molecule has 23 heavy (non-hydrogen) atoms. The highest BCUT2D eigenvalue weighted by Gasteiger charge is 2.24. The van der Waals surface area contributed by atoms with Crippen molar-refractivity contribution >= 4 is 33.8 Å². The van der Waals surface area contributed by atoms with Gasteiger partial charge in [-0.1, -0.05) is 60.3 Å². The monoisotopic (exact) mass is 326 g/mol. The van der Waals surface area contributed by atoms with Gasteiger partial charge >= 0.3 is 5.97 Å². The lowest BCUT2D eigenvalue weighted by Gasteiger charge is -2.09. The number of hydrogen-bond acceptors (Lipinski definition) is 4. The topological polar surface area (TPSA) is 67.5 Å². The summed E-state index contributed by atoms with van der Waals surface area (Å²) in [4.78, 5) is 23.7. The Morgan fingerprint density at radius 2 is 1.74 bits per heavy atom. The Kier molecular flexibility index (Phi) is 4.48. The molecule has 0 aliphatic rings. The summed E-state index contributed by atoms with van der Waals surface area (Å²) in [5, 5.41) is 9.17. The number of benzene rings is 2. The molecule has 0 amide bonds. The molecular formula is C18H14O4S. The number of fused-ring (bicyclic) bond motifs is 1. The number of carboxylic acid groups (broad SMARTS) is 1. The number of para-hydroxylation sites is 1. The van der Waals surface area contributed by atoms with E-state index in [1.165, 1.54) is 0 Å². The summed E-state index contributed by atoms with van der Waals surface area (Å²) in [6, 6.07) is 18.0. The second-order valence-electron chi connectivity index (χ2n) is 5.05. The van der Waals surface area contributed by atoms with Crippen LogP contribution in [0.2, 0.25) is 0 Å². The Morgan fingerprint density at radius 1 is 1.04 bits per heavy atom. The Labute approximate surface area is 137 Å². The third kappa shape index (κ3) is 3.63. The van der Waals surface area contributed by atoms with E-state index in [1.807, 2.05) is 36.4 Å². The van der Waals surface area contributed by atoms with Gasteiger partial charge in [0.1, 0.15) is 16.6 Å². The number of carbonyl (C=O) groups excluding carboxylic acids is 1. The number of rotatable bonds is 5. The molecule has 0 unspecified atom stereocenters. The zero-order valence-corrected chi connectivity index (χ0v) is 13.0. The van der Waals surface area contributed by atoms with Gasteiger partial charge < -0.3 is 9.52 Å². The molecule has 0 bridgehead atoms. The SMILES string of the molecule is O=C(S[C@H](Cc1cc2ccccc2o1)C(=O)O)c1ccccc1. The number of furan rings is 1. The first kappa shape index (κ1) is 15.4. The van der Waals surface area contributed by atoms with Crippen molar-refractivity contribution in [3.63, 3.8) is 0 Å². The van der Waals surface area contributed by atoms with Crippen LogP contribution in [0.1, 0.15) is 16.1 Å². The molecule has 1 N–H and O–H groups in total. The lowest BCUT2D eigenvalue weighted by molar-refractivity contribution is -0.136. The van der Waals surface area contributed by atoms with E-state index in [2.05, 4.69) is 0 Å². The summed E-state index contributed by atoms with van der Waals surface area (Å²) in [5.41, 5.74) is 1.21.